The van der Waals surface area contributed by atoms with Crippen LogP contribution in [0, 0.1) is 20.8 Å². The number of esters is 1. The first-order valence-electron chi connectivity index (χ1n) is 11.6. The molecule has 1 aromatic heterocycles. The maximum Gasteiger partial charge on any atom is 0.341 e. The molecule has 1 heterocycles. The maximum absolute atomic E-state index is 13.1. The summed E-state index contributed by atoms with van der Waals surface area (Å²) in [6.07, 6.45) is 0. The lowest BCUT2D eigenvalue weighted by Gasteiger charge is -2.09. The summed E-state index contributed by atoms with van der Waals surface area (Å²) in [5, 5.41) is 5.82. The van der Waals surface area contributed by atoms with E-state index in [0.29, 0.717) is 34.2 Å². The van der Waals surface area contributed by atoms with E-state index in [9.17, 15) is 14.4 Å². The number of ether oxygens (including phenoxy) is 3. The van der Waals surface area contributed by atoms with Crippen molar-refractivity contribution >= 4 is 39.8 Å². The van der Waals surface area contributed by atoms with Gasteiger partial charge in [-0.25, -0.2) is 4.79 Å². The normalized spacial score (nSPS) is 10.5. The van der Waals surface area contributed by atoms with Crippen LogP contribution in [0.3, 0.4) is 0 Å². The number of anilines is 2. The van der Waals surface area contributed by atoms with Crippen molar-refractivity contribution in [3.8, 4) is 11.5 Å². The molecule has 0 aliphatic rings. The van der Waals surface area contributed by atoms with Crippen molar-refractivity contribution in [1.29, 1.82) is 0 Å². The zero-order valence-corrected chi connectivity index (χ0v) is 21.8. The Morgan fingerprint density at radius 2 is 1.53 bits per heavy atom. The van der Waals surface area contributed by atoms with Gasteiger partial charge >= 0.3 is 5.97 Å². The average Bonchev–Trinajstić information content (AvgIpc) is 3.16. The molecule has 0 saturated carbocycles. The number of thiophene rings is 1. The zero-order valence-electron chi connectivity index (χ0n) is 21.0. The van der Waals surface area contributed by atoms with Crippen molar-refractivity contribution < 1.29 is 28.6 Å². The molecule has 2 aromatic carbocycles. The van der Waals surface area contributed by atoms with Gasteiger partial charge in [-0.1, -0.05) is 17.7 Å². The number of carbonyl (C=O) groups is 3. The van der Waals surface area contributed by atoms with Gasteiger partial charge in [0.2, 0.25) is 0 Å². The Morgan fingerprint density at radius 3 is 2.14 bits per heavy atom. The van der Waals surface area contributed by atoms with Crippen LogP contribution in [0.15, 0.2) is 42.5 Å². The van der Waals surface area contributed by atoms with E-state index in [0.717, 1.165) is 22.5 Å². The van der Waals surface area contributed by atoms with Crippen molar-refractivity contribution in [2.24, 2.45) is 0 Å². The fourth-order valence-electron chi connectivity index (χ4n) is 3.51. The van der Waals surface area contributed by atoms with Crippen LogP contribution in [0.5, 0.6) is 11.5 Å². The fraction of sp³-hybridized carbons (Fsp3) is 0.296. The van der Waals surface area contributed by atoms with Crippen molar-refractivity contribution in [3.05, 3.63) is 69.6 Å². The van der Waals surface area contributed by atoms with Crippen LogP contribution >= 0.6 is 11.3 Å². The van der Waals surface area contributed by atoms with E-state index < -0.39 is 11.9 Å². The third-order valence-corrected chi connectivity index (χ3v) is 6.43. The summed E-state index contributed by atoms with van der Waals surface area (Å²) in [6, 6.07) is 12.6. The highest BCUT2D eigenvalue weighted by molar-refractivity contribution is 7.19. The van der Waals surface area contributed by atoms with E-state index in [1.54, 1.807) is 38.1 Å². The molecule has 0 bridgehead atoms. The first-order chi connectivity index (χ1) is 17.2. The fourth-order valence-corrected chi connectivity index (χ4v) is 4.62. The van der Waals surface area contributed by atoms with E-state index in [1.165, 1.54) is 0 Å². The Bertz CT molecular complexity index is 1250. The number of amides is 2. The number of aryl methyl sites for hydroxylation is 2. The minimum Gasteiger partial charge on any atom is -0.494 e. The minimum atomic E-state index is -0.612. The molecular weight excluding hydrogens is 480 g/mol. The number of rotatable bonds is 10. The third kappa shape index (κ3) is 6.63. The molecule has 0 spiro atoms. The van der Waals surface area contributed by atoms with Crippen molar-refractivity contribution in [1.82, 2.24) is 0 Å². The first-order valence-corrected chi connectivity index (χ1v) is 12.4. The van der Waals surface area contributed by atoms with Gasteiger partial charge in [0.25, 0.3) is 11.8 Å². The molecule has 9 heteroatoms. The Kier molecular flexibility index (Phi) is 9.08. The van der Waals surface area contributed by atoms with Crippen molar-refractivity contribution in [3.63, 3.8) is 0 Å². The molecule has 0 fully saturated rings. The van der Waals surface area contributed by atoms with Crippen LogP contribution in [0.1, 0.15) is 50.6 Å². The zero-order chi connectivity index (χ0) is 26.2. The van der Waals surface area contributed by atoms with Crippen LogP contribution in [0.2, 0.25) is 0 Å². The van der Waals surface area contributed by atoms with Crippen LogP contribution in [0.25, 0.3) is 0 Å². The summed E-state index contributed by atoms with van der Waals surface area (Å²) in [7, 11) is 0. The SMILES string of the molecule is CCOC(=O)c1c(NC(=O)COc2ccc(OCC)cc2)sc(C(=O)Nc2ccc(C)cc2C)c1C. The van der Waals surface area contributed by atoms with Gasteiger partial charge in [-0.2, -0.15) is 0 Å². The molecule has 2 amide bonds. The van der Waals surface area contributed by atoms with Gasteiger partial charge in [-0.05, 0) is 76.1 Å². The van der Waals surface area contributed by atoms with Crippen LogP contribution < -0.4 is 20.1 Å². The second kappa shape index (κ2) is 12.2. The molecular formula is C27H30N2O6S. The van der Waals surface area contributed by atoms with Gasteiger partial charge in [-0.3, -0.25) is 9.59 Å². The predicted molar refractivity (Wildman–Crippen MR) is 141 cm³/mol. The summed E-state index contributed by atoms with van der Waals surface area (Å²) >= 11 is 1.02. The molecule has 0 atom stereocenters. The lowest BCUT2D eigenvalue weighted by atomic mass is 10.1. The van der Waals surface area contributed by atoms with Gasteiger partial charge in [0.1, 0.15) is 16.5 Å². The average molecular weight is 511 g/mol. The van der Waals surface area contributed by atoms with Gasteiger partial charge in [0, 0.05) is 5.69 Å². The lowest BCUT2D eigenvalue weighted by molar-refractivity contribution is -0.118. The molecule has 2 N–H and O–H groups in total. The predicted octanol–water partition coefficient (Wildman–Crippen LogP) is 5.52. The van der Waals surface area contributed by atoms with Crippen LogP contribution in [-0.2, 0) is 9.53 Å². The summed E-state index contributed by atoms with van der Waals surface area (Å²) < 4.78 is 16.1. The summed E-state index contributed by atoms with van der Waals surface area (Å²) in [5.41, 5.74) is 3.26. The molecule has 190 valence electrons. The smallest absolute Gasteiger partial charge is 0.341 e. The third-order valence-electron chi connectivity index (χ3n) is 5.22. The van der Waals surface area contributed by atoms with Gasteiger partial charge in [0.05, 0.1) is 23.7 Å². The first kappa shape index (κ1) is 26.7. The van der Waals surface area contributed by atoms with Gasteiger partial charge < -0.3 is 24.8 Å². The Labute approximate surface area is 214 Å². The highest BCUT2D eigenvalue weighted by atomic mass is 32.1. The number of benzene rings is 2. The quantitative estimate of drug-likeness (QED) is 0.348. The van der Waals surface area contributed by atoms with Crippen LogP contribution in [-0.4, -0.2) is 37.6 Å². The number of hydrogen-bond donors (Lipinski definition) is 2. The molecule has 0 aliphatic carbocycles. The number of hydrogen-bond acceptors (Lipinski definition) is 7. The van der Waals surface area contributed by atoms with Crippen molar-refractivity contribution in [2.45, 2.75) is 34.6 Å². The standard InChI is InChI=1S/C27H30N2O6S/c1-6-33-19-9-11-20(12-10-19)35-15-22(30)29-26-23(27(32)34-7-2)18(5)24(36-26)25(31)28-21-13-8-16(3)14-17(21)4/h8-14H,6-7,15H2,1-5H3,(H,28,31)(H,29,30). The molecule has 0 saturated heterocycles. The highest BCUT2D eigenvalue weighted by Gasteiger charge is 2.27. The molecule has 36 heavy (non-hydrogen) atoms. The van der Waals surface area contributed by atoms with E-state index in [1.807, 2.05) is 39.0 Å². The number of nitrogens with one attached hydrogen (secondary N) is 2. The van der Waals surface area contributed by atoms with E-state index in [4.69, 9.17) is 14.2 Å². The molecule has 0 aliphatic heterocycles. The van der Waals surface area contributed by atoms with E-state index >= 15 is 0 Å². The summed E-state index contributed by atoms with van der Waals surface area (Å²) in [4.78, 5) is 38.7. The second-order valence-electron chi connectivity index (χ2n) is 7.99. The monoisotopic (exact) mass is 510 g/mol. The van der Waals surface area contributed by atoms with Crippen LogP contribution in [0.4, 0.5) is 10.7 Å². The Balaban J connectivity index is 1.77. The molecule has 3 rings (SSSR count). The lowest BCUT2D eigenvalue weighted by Crippen LogP contribution is -2.21. The molecule has 0 radical (unpaired) electrons. The maximum atomic E-state index is 13.1. The van der Waals surface area contributed by atoms with E-state index in [-0.39, 0.29) is 29.7 Å². The summed E-state index contributed by atoms with van der Waals surface area (Å²) in [5.74, 6) is -0.262. The Morgan fingerprint density at radius 1 is 0.861 bits per heavy atom. The highest BCUT2D eigenvalue weighted by Crippen LogP contribution is 2.34. The van der Waals surface area contributed by atoms with Crippen molar-refractivity contribution in [2.75, 3.05) is 30.5 Å². The van der Waals surface area contributed by atoms with Gasteiger partial charge in [0.15, 0.2) is 6.61 Å². The Hall–Kier alpha value is -3.85. The topological polar surface area (TPSA) is 103 Å². The minimum absolute atomic E-state index is 0.155. The van der Waals surface area contributed by atoms with E-state index in [2.05, 4.69) is 10.6 Å². The second-order valence-corrected chi connectivity index (χ2v) is 9.02. The summed E-state index contributed by atoms with van der Waals surface area (Å²) in [6.45, 7) is 9.55. The molecule has 3 aromatic rings. The largest absolute Gasteiger partial charge is 0.494 e. The molecule has 8 nitrogen and oxygen atoms in total. The van der Waals surface area contributed by atoms with Gasteiger partial charge in [-0.15, -0.1) is 11.3 Å². The molecule has 0 unspecified atom stereocenters. The number of carbonyl (C=O) groups excluding carboxylic acids is 3.